The molecule has 7 heteroatoms. The molecular formula is C19H19N3O4. The fraction of sp³-hybridized carbons (Fsp3) is 0.368. The van der Waals surface area contributed by atoms with Crippen molar-refractivity contribution >= 4 is 0 Å². The molecule has 1 unspecified atom stereocenters. The molecule has 26 heavy (non-hydrogen) atoms. The van der Waals surface area contributed by atoms with E-state index < -0.39 is 0 Å². The van der Waals surface area contributed by atoms with E-state index >= 15 is 0 Å². The molecule has 134 valence electrons. The molecule has 0 aliphatic carbocycles. The number of fused-ring (bicyclic) bond motifs is 1. The number of furan rings is 1. The minimum Gasteiger partial charge on any atom is -0.486 e. The Labute approximate surface area is 150 Å². The molecule has 1 atom stereocenters. The van der Waals surface area contributed by atoms with Gasteiger partial charge in [-0.3, -0.25) is 0 Å². The zero-order valence-corrected chi connectivity index (χ0v) is 14.5. The molecule has 7 nitrogen and oxygen atoms in total. The van der Waals surface area contributed by atoms with Crippen LogP contribution in [0.5, 0.6) is 11.5 Å². The van der Waals surface area contributed by atoms with Gasteiger partial charge in [0.2, 0.25) is 5.82 Å². The molecule has 1 fully saturated rings. The Balaban J connectivity index is 1.61. The van der Waals surface area contributed by atoms with Crippen LogP contribution in [0.3, 0.4) is 0 Å². The van der Waals surface area contributed by atoms with Crippen molar-refractivity contribution in [3.63, 3.8) is 0 Å². The molecule has 4 heterocycles. The second-order valence-corrected chi connectivity index (χ2v) is 6.50. The van der Waals surface area contributed by atoms with Crippen molar-refractivity contribution in [1.82, 2.24) is 14.8 Å². The highest BCUT2D eigenvalue weighted by atomic mass is 16.6. The summed E-state index contributed by atoms with van der Waals surface area (Å²) < 4.78 is 24.5. The van der Waals surface area contributed by atoms with E-state index in [0.29, 0.717) is 31.4 Å². The van der Waals surface area contributed by atoms with Gasteiger partial charge in [-0.2, -0.15) is 0 Å². The van der Waals surface area contributed by atoms with Crippen LogP contribution in [0.2, 0.25) is 0 Å². The van der Waals surface area contributed by atoms with E-state index in [9.17, 15) is 0 Å². The maximum atomic E-state index is 5.72. The summed E-state index contributed by atoms with van der Waals surface area (Å²) >= 11 is 0. The number of rotatable bonds is 3. The molecule has 2 aliphatic rings. The zero-order valence-electron chi connectivity index (χ0n) is 14.5. The van der Waals surface area contributed by atoms with Crippen LogP contribution >= 0.6 is 0 Å². The molecule has 0 N–H and O–H groups in total. The van der Waals surface area contributed by atoms with Crippen LogP contribution in [0.1, 0.15) is 23.9 Å². The van der Waals surface area contributed by atoms with Gasteiger partial charge < -0.3 is 18.6 Å². The van der Waals surface area contributed by atoms with Crippen LogP contribution in [0.15, 0.2) is 34.7 Å². The molecule has 0 amide bonds. The SMILES string of the molecule is Cc1ccc(-c2nc(C3CCOC3)n(-c3ccc4c(c3)OCCO4)n2)o1. The standard InChI is InChI=1S/C19H19N3O4/c1-12-2-4-16(26-12)18-20-19(13-6-7-23-11-13)22(21-18)14-3-5-15-17(10-14)25-9-8-24-15/h2-5,10,13H,6-9,11H2,1H3. The first kappa shape index (κ1) is 15.5. The van der Waals surface area contributed by atoms with Gasteiger partial charge in [-0.05, 0) is 37.6 Å². The smallest absolute Gasteiger partial charge is 0.217 e. The third kappa shape index (κ3) is 2.64. The maximum Gasteiger partial charge on any atom is 0.217 e. The van der Waals surface area contributed by atoms with E-state index in [0.717, 1.165) is 41.8 Å². The number of ether oxygens (including phenoxy) is 3. The number of aromatic nitrogens is 3. The Kier molecular flexibility index (Phi) is 3.67. The van der Waals surface area contributed by atoms with Crippen LogP contribution in [-0.4, -0.2) is 41.2 Å². The van der Waals surface area contributed by atoms with Crippen molar-refractivity contribution in [2.45, 2.75) is 19.3 Å². The highest BCUT2D eigenvalue weighted by molar-refractivity contribution is 5.52. The van der Waals surface area contributed by atoms with Gasteiger partial charge in [-0.25, -0.2) is 9.67 Å². The van der Waals surface area contributed by atoms with Crippen molar-refractivity contribution in [3.8, 4) is 28.8 Å². The maximum absolute atomic E-state index is 5.72. The number of aryl methyl sites for hydroxylation is 1. The molecule has 1 aromatic carbocycles. The Morgan fingerprint density at radius 3 is 2.69 bits per heavy atom. The van der Waals surface area contributed by atoms with Crippen molar-refractivity contribution in [2.24, 2.45) is 0 Å². The zero-order chi connectivity index (χ0) is 17.5. The first-order chi connectivity index (χ1) is 12.8. The molecule has 3 aromatic rings. The van der Waals surface area contributed by atoms with E-state index in [4.69, 9.17) is 28.7 Å². The summed E-state index contributed by atoms with van der Waals surface area (Å²) in [7, 11) is 0. The summed E-state index contributed by atoms with van der Waals surface area (Å²) in [4.78, 5) is 4.77. The number of hydrogen-bond acceptors (Lipinski definition) is 6. The van der Waals surface area contributed by atoms with Gasteiger partial charge in [-0.15, -0.1) is 5.10 Å². The van der Waals surface area contributed by atoms with Crippen LogP contribution < -0.4 is 9.47 Å². The lowest BCUT2D eigenvalue weighted by Crippen LogP contribution is -2.16. The highest BCUT2D eigenvalue weighted by Crippen LogP contribution is 2.34. The fourth-order valence-electron chi connectivity index (χ4n) is 3.34. The van der Waals surface area contributed by atoms with Crippen molar-refractivity contribution < 1.29 is 18.6 Å². The second-order valence-electron chi connectivity index (χ2n) is 6.50. The molecule has 2 aromatic heterocycles. The lowest BCUT2D eigenvalue weighted by atomic mass is 10.1. The third-order valence-corrected chi connectivity index (χ3v) is 4.66. The van der Waals surface area contributed by atoms with Crippen LogP contribution in [-0.2, 0) is 4.74 Å². The van der Waals surface area contributed by atoms with E-state index in [1.54, 1.807) is 0 Å². The van der Waals surface area contributed by atoms with E-state index in [1.807, 2.05) is 41.9 Å². The summed E-state index contributed by atoms with van der Waals surface area (Å²) in [6, 6.07) is 9.64. The molecule has 0 saturated carbocycles. The highest BCUT2D eigenvalue weighted by Gasteiger charge is 2.27. The third-order valence-electron chi connectivity index (χ3n) is 4.66. The van der Waals surface area contributed by atoms with Gasteiger partial charge in [0.05, 0.1) is 12.3 Å². The molecule has 0 bridgehead atoms. The number of benzene rings is 1. The van der Waals surface area contributed by atoms with Crippen molar-refractivity contribution in [2.75, 3.05) is 26.4 Å². The van der Waals surface area contributed by atoms with Gasteiger partial charge in [-0.1, -0.05) is 0 Å². The average Bonchev–Trinajstić information content (AvgIpc) is 3.41. The van der Waals surface area contributed by atoms with E-state index in [1.165, 1.54) is 0 Å². The topological polar surface area (TPSA) is 71.5 Å². The molecular weight excluding hydrogens is 334 g/mol. The average molecular weight is 353 g/mol. The minimum absolute atomic E-state index is 0.209. The quantitative estimate of drug-likeness (QED) is 0.720. The Bertz CT molecular complexity index is 940. The van der Waals surface area contributed by atoms with E-state index in [-0.39, 0.29) is 5.92 Å². The lowest BCUT2D eigenvalue weighted by molar-refractivity contribution is 0.171. The second kappa shape index (κ2) is 6.17. The van der Waals surface area contributed by atoms with Gasteiger partial charge >= 0.3 is 0 Å². The summed E-state index contributed by atoms with van der Waals surface area (Å²) in [6.45, 7) is 4.43. The van der Waals surface area contributed by atoms with Gasteiger partial charge in [0.25, 0.3) is 0 Å². The predicted octanol–water partition coefficient (Wildman–Crippen LogP) is 3.11. The molecule has 1 saturated heterocycles. The van der Waals surface area contributed by atoms with Gasteiger partial charge in [0.1, 0.15) is 24.8 Å². The van der Waals surface area contributed by atoms with Gasteiger partial charge in [0, 0.05) is 18.6 Å². The summed E-state index contributed by atoms with van der Waals surface area (Å²) in [6.07, 6.45) is 0.930. The first-order valence-corrected chi connectivity index (χ1v) is 8.79. The molecule has 0 radical (unpaired) electrons. The largest absolute Gasteiger partial charge is 0.486 e. The van der Waals surface area contributed by atoms with Crippen LogP contribution in [0, 0.1) is 6.92 Å². The van der Waals surface area contributed by atoms with Crippen LogP contribution in [0.4, 0.5) is 0 Å². The van der Waals surface area contributed by atoms with Crippen molar-refractivity contribution in [3.05, 3.63) is 41.9 Å². The summed E-state index contributed by atoms with van der Waals surface area (Å²) in [5.74, 6) is 4.65. The summed E-state index contributed by atoms with van der Waals surface area (Å²) in [5, 5.41) is 4.72. The number of hydrogen-bond donors (Lipinski definition) is 0. The molecule has 2 aliphatic heterocycles. The van der Waals surface area contributed by atoms with Crippen molar-refractivity contribution in [1.29, 1.82) is 0 Å². The van der Waals surface area contributed by atoms with Gasteiger partial charge in [0.15, 0.2) is 17.3 Å². The Morgan fingerprint density at radius 2 is 1.92 bits per heavy atom. The normalized spacial score (nSPS) is 19.0. The number of nitrogens with zero attached hydrogens (tertiary/aromatic N) is 3. The first-order valence-electron chi connectivity index (χ1n) is 8.79. The fourth-order valence-corrected chi connectivity index (χ4v) is 3.34. The molecule has 5 rings (SSSR count). The van der Waals surface area contributed by atoms with E-state index in [2.05, 4.69) is 0 Å². The predicted molar refractivity (Wildman–Crippen MR) is 93.0 cm³/mol. The molecule has 0 spiro atoms. The lowest BCUT2D eigenvalue weighted by Gasteiger charge is -2.19. The minimum atomic E-state index is 0.209. The monoisotopic (exact) mass is 353 g/mol. The Morgan fingerprint density at radius 1 is 1.04 bits per heavy atom. The van der Waals surface area contributed by atoms with Crippen LogP contribution in [0.25, 0.3) is 17.3 Å². The Hall–Kier alpha value is -2.80. The summed E-state index contributed by atoms with van der Waals surface area (Å²) in [5.41, 5.74) is 0.887.